The molecule has 1 aromatic rings. The quantitative estimate of drug-likeness (QED) is 0.729. The van der Waals surface area contributed by atoms with Crippen molar-refractivity contribution >= 4 is 15.9 Å². The lowest BCUT2D eigenvalue weighted by Crippen LogP contribution is -2.22. The minimum Gasteiger partial charge on any atom is -0.239 e. The van der Waals surface area contributed by atoms with Crippen LogP contribution >= 0.6 is 15.9 Å². The van der Waals surface area contributed by atoms with E-state index in [2.05, 4.69) is 15.9 Å². The summed E-state index contributed by atoms with van der Waals surface area (Å²) in [5.41, 5.74) is -0.494. The van der Waals surface area contributed by atoms with Gasteiger partial charge in [-0.05, 0) is 30.5 Å². The van der Waals surface area contributed by atoms with Crippen LogP contribution in [0.3, 0.4) is 0 Å². The van der Waals surface area contributed by atoms with E-state index in [1.807, 2.05) is 38.1 Å². The van der Waals surface area contributed by atoms with E-state index in [1.165, 1.54) is 0 Å². The van der Waals surface area contributed by atoms with E-state index >= 15 is 0 Å². The zero-order valence-corrected chi connectivity index (χ0v) is 9.73. The molecular formula is C11H14BrF. The van der Waals surface area contributed by atoms with E-state index in [9.17, 15) is 4.39 Å². The number of hydrogen-bond donors (Lipinski definition) is 0. The Labute approximate surface area is 87.3 Å². The predicted octanol–water partition coefficient (Wildman–Crippen LogP) is 4.29. The molecule has 1 aromatic carbocycles. The average molecular weight is 245 g/mol. The van der Waals surface area contributed by atoms with Crippen LogP contribution in [0.4, 0.5) is 4.39 Å². The molecule has 1 rings (SSSR count). The molecule has 0 radical (unpaired) electrons. The SMILES string of the molecule is CC(C)C(C)(F)c1ccc(Br)cc1. The molecule has 1 unspecified atom stereocenters. The van der Waals surface area contributed by atoms with Gasteiger partial charge in [-0.3, -0.25) is 0 Å². The molecule has 0 spiro atoms. The van der Waals surface area contributed by atoms with Crippen LogP contribution in [-0.4, -0.2) is 0 Å². The number of benzene rings is 1. The van der Waals surface area contributed by atoms with Gasteiger partial charge in [0.1, 0.15) is 5.67 Å². The van der Waals surface area contributed by atoms with Crippen LogP contribution in [0.15, 0.2) is 28.7 Å². The van der Waals surface area contributed by atoms with Crippen LogP contribution in [0.2, 0.25) is 0 Å². The van der Waals surface area contributed by atoms with Gasteiger partial charge in [-0.1, -0.05) is 41.9 Å². The molecule has 13 heavy (non-hydrogen) atoms. The lowest BCUT2D eigenvalue weighted by molar-refractivity contribution is 0.123. The Bertz CT molecular complexity index is 275. The summed E-state index contributed by atoms with van der Waals surface area (Å²) in [5.74, 6) is -0.00586. The van der Waals surface area contributed by atoms with Gasteiger partial charge in [-0.25, -0.2) is 4.39 Å². The van der Waals surface area contributed by atoms with Gasteiger partial charge in [0.2, 0.25) is 0 Å². The van der Waals surface area contributed by atoms with Crippen molar-refractivity contribution in [3.8, 4) is 0 Å². The van der Waals surface area contributed by atoms with Gasteiger partial charge in [0, 0.05) is 4.47 Å². The van der Waals surface area contributed by atoms with Gasteiger partial charge in [0.15, 0.2) is 0 Å². The summed E-state index contributed by atoms with van der Waals surface area (Å²) in [7, 11) is 0. The Morgan fingerprint density at radius 1 is 1.23 bits per heavy atom. The molecule has 0 amide bonds. The molecular weight excluding hydrogens is 231 g/mol. The molecule has 0 saturated carbocycles. The first-order valence-corrected chi connectivity index (χ1v) is 5.19. The van der Waals surface area contributed by atoms with Crippen molar-refractivity contribution in [3.63, 3.8) is 0 Å². The largest absolute Gasteiger partial charge is 0.239 e. The highest BCUT2D eigenvalue weighted by molar-refractivity contribution is 9.10. The first-order valence-electron chi connectivity index (χ1n) is 4.39. The van der Waals surface area contributed by atoms with Crippen LogP contribution in [0.5, 0.6) is 0 Å². The van der Waals surface area contributed by atoms with E-state index in [0.29, 0.717) is 0 Å². The number of halogens is 2. The maximum atomic E-state index is 14.1. The van der Waals surface area contributed by atoms with E-state index in [0.717, 1.165) is 10.0 Å². The van der Waals surface area contributed by atoms with Gasteiger partial charge < -0.3 is 0 Å². The highest BCUT2D eigenvalue weighted by Crippen LogP contribution is 2.33. The van der Waals surface area contributed by atoms with Crippen LogP contribution in [-0.2, 0) is 5.67 Å². The van der Waals surface area contributed by atoms with Crippen molar-refractivity contribution in [1.29, 1.82) is 0 Å². The molecule has 2 heteroatoms. The number of alkyl halides is 1. The highest BCUT2D eigenvalue weighted by atomic mass is 79.9. The minimum absolute atomic E-state index is 0.00586. The average Bonchev–Trinajstić information content (AvgIpc) is 2.04. The molecule has 1 atom stereocenters. The first kappa shape index (κ1) is 10.7. The lowest BCUT2D eigenvalue weighted by Gasteiger charge is -2.25. The second-order valence-electron chi connectivity index (χ2n) is 3.74. The molecule has 0 N–H and O–H groups in total. The maximum Gasteiger partial charge on any atom is 0.135 e. The Morgan fingerprint density at radius 3 is 2.08 bits per heavy atom. The van der Waals surface area contributed by atoms with Gasteiger partial charge in [0.25, 0.3) is 0 Å². The first-order chi connectivity index (χ1) is 5.94. The molecule has 0 saturated heterocycles. The molecule has 72 valence electrons. The summed E-state index contributed by atoms with van der Waals surface area (Å²) in [4.78, 5) is 0. The van der Waals surface area contributed by atoms with Crippen molar-refractivity contribution in [2.45, 2.75) is 26.4 Å². The Balaban J connectivity index is 3.01. The molecule has 0 fully saturated rings. The standard InChI is InChI=1S/C11H14BrF/c1-8(2)11(3,13)9-4-6-10(12)7-5-9/h4-8H,1-3H3. The van der Waals surface area contributed by atoms with Gasteiger partial charge in [-0.15, -0.1) is 0 Å². The maximum absolute atomic E-state index is 14.1. The lowest BCUT2D eigenvalue weighted by atomic mass is 9.87. The van der Waals surface area contributed by atoms with Crippen molar-refractivity contribution in [2.24, 2.45) is 5.92 Å². The molecule has 0 aliphatic heterocycles. The predicted molar refractivity (Wildman–Crippen MR) is 57.4 cm³/mol. The van der Waals surface area contributed by atoms with Gasteiger partial charge >= 0.3 is 0 Å². The zero-order chi connectivity index (χ0) is 10.1. The summed E-state index contributed by atoms with van der Waals surface area (Å²) in [6, 6.07) is 7.39. The zero-order valence-electron chi connectivity index (χ0n) is 8.14. The smallest absolute Gasteiger partial charge is 0.135 e. The second-order valence-corrected chi connectivity index (χ2v) is 4.65. The van der Waals surface area contributed by atoms with E-state index in [-0.39, 0.29) is 5.92 Å². The van der Waals surface area contributed by atoms with Gasteiger partial charge in [-0.2, -0.15) is 0 Å². The number of hydrogen-bond acceptors (Lipinski definition) is 0. The summed E-state index contributed by atoms with van der Waals surface area (Å²) in [6.45, 7) is 5.41. The third kappa shape index (κ3) is 2.31. The topological polar surface area (TPSA) is 0 Å². The Kier molecular flexibility index (Phi) is 3.12. The molecule has 0 aromatic heterocycles. The van der Waals surface area contributed by atoms with E-state index in [4.69, 9.17) is 0 Å². The van der Waals surface area contributed by atoms with Crippen molar-refractivity contribution in [2.75, 3.05) is 0 Å². The van der Waals surface area contributed by atoms with Gasteiger partial charge in [0.05, 0.1) is 0 Å². The fraction of sp³-hybridized carbons (Fsp3) is 0.455. The third-order valence-corrected chi connectivity index (χ3v) is 3.02. The molecule has 0 heterocycles. The van der Waals surface area contributed by atoms with E-state index in [1.54, 1.807) is 6.92 Å². The Morgan fingerprint density at radius 2 is 1.69 bits per heavy atom. The molecule has 0 aliphatic rings. The fourth-order valence-electron chi connectivity index (χ4n) is 1.11. The summed E-state index contributed by atoms with van der Waals surface area (Å²) in [6.07, 6.45) is 0. The monoisotopic (exact) mass is 244 g/mol. The number of rotatable bonds is 2. The van der Waals surface area contributed by atoms with Crippen LogP contribution in [0, 0.1) is 5.92 Å². The van der Waals surface area contributed by atoms with Crippen LogP contribution < -0.4 is 0 Å². The van der Waals surface area contributed by atoms with Crippen molar-refractivity contribution in [1.82, 2.24) is 0 Å². The second kappa shape index (κ2) is 3.79. The fourth-order valence-corrected chi connectivity index (χ4v) is 1.37. The third-order valence-electron chi connectivity index (χ3n) is 2.49. The highest BCUT2D eigenvalue weighted by Gasteiger charge is 2.29. The molecule has 0 aliphatic carbocycles. The minimum atomic E-state index is -1.24. The summed E-state index contributed by atoms with van der Waals surface area (Å²) >= 11 is 3.33. The summed E-state index contributed by atoms with van der Waals surface area (Å²) in [5, 5.41) is 0. The Hall–Kier alpha value is -0.370. The molecule has 0 nitrogen and oxygen atoms in total. The van der Waals surface area contributed by atoms with Crippen LogP contribution in [0.1, 0.15) is 26.3 Å². The normalized spacial score (nSPS) is 15.8. The van der Waals surface area contributed by atoms with Crippen molar-refractivity contribution in [3.05, 3.63) is 34.3 Å². The summed E-state index contributed by atoms with van der Waals surface area (Å²) < 4.78 is 15.0. The van der Waals surface area contributed by atoms with Crippen LogP contribution in [0.25, 0.3) is 0 Å². The van der Waals surface area contributed by atoms with Crippen molar-refractivity contribution < 1.29 is 4.39 Å². The molecule has 0 bridgehead atoms. The van der Waals surface area contributed by atoms with E-state index < -0.39 is 5.67 Å².